The van der Waals surface area contributed by atoms with Crippen LogP contribution in [-0.2, 0) is 16.6 Å². The molecule has 2 N–H and O–H groups in total. The number of hydrogen-bond acceptors (Lipinski definition) is 3. The maximum Gasteiger partial charge on any atom is 0.401 e. The number of para-hydroxylation sites is 1. The van der Waals surface area contributed by atoms with Crippen molar-refractivity contribution in [2.75, 3.05) is 31.6 Å². The number of piperidine rings is 1. The first-order valence-corrected chi connectivity index (χ1v) is 11.5. The predicted octanol–water partition coefficient (Wildman–Crippen LogP) is 5.66. The van der Waals surface area contributed by atoms with Crippen molar-refractivity contribution in [3.8, 4) is 5.75 Å². The third kappa shape index (κ3) is 5.73. The van der Waals surface area contributed by atoms with Gasteiger partial charge in [0, 0.05) is 36.0 Å². The normalized spacial score (nSPS) is 16.5. The number of amides is 1. The summed E-state index contributed by atoms with van der Waals surface area (Å²) in [5.41, 5.74) is 3.61. The van der Waals surface area contributed by atoms with Crippen LogP contribution in [0.2, 0.25) is 0 Å². The predicted molar refractivity (Wildman–Crippen MR) is 127 cm³/mol. The van der Waals surface area contributed by atoms with Gasteiger partial charge in [0.2, 0.25) is 5.91 Å². The number of aromatic nitrogens is 1. The molecule has 0 radical (unpaired) electrons. The zero-order valence-electron chi connectivity index (χ0n) is 19.5. The Morgan fingerprint density at radius 3 is 2.62 bits per heavy atom. The van der Waals surface area contributed by atoms with Gasteiger partial charge in [-0.05, 0) is 55.1 Å². The topological polar surface area (TPSA) is 57.4 Å². The second-order valence-corrected chi connectivity index (χ2v) is 9.31. The van der Waals surface area contributed by atoms with Gasteiger partial charge in [0.15, 0.2) is 0 Å². The molecule has 0 saturated carbocycles. The van der Waals surface area contributed by atoms with Crippen molar-refractivity contribution in [1.82, 2.24) is 9.88 Å². The van der Waals surface area contributed by atoms with Crippen molar-refractivity contribution in [2.24, 2.45) is 0 Å². The molecule has 0 spiro atoms. The third-order valence-corrected chi connectivity index (χ3v) is 6.60. The van der Waals surface area contributed by atoms with Gasteiger partial charge in [-0.1, -0.05) is 31.2 Å². The second kappa shape index (κ2) is 9.70. The first kappa shape index (κ1) is 24.1. The SMILES string of the molecule is CC(=O)Nc1c[nH]c2ccc(CCOc3ccccc3C3(C)CCN(CC(F)(F)F)CC3)cc12. The number of benzene rings is 2. The fourth-order valence-electron chi connectivity index (χ4n) is 4.71. The van der Waals surface area contributed by atoms with E-state index in [1.807, 2.05) is 42.5 Å². The fourth-order valence-corrected chi connectivity index (χ4v) is 4.71. The number of rotatable bonds is 7. The maximum absolute atomic E-state index is 12.8. The molecule has 4 rings (SSSR count). The van der Waals surface area contributed by atoms with E-state index in [1.54, 1.807) is 6.20 Å². The molecule has 1 fully saturated rings. The lowest BCUT2D eigenvalue weighted by Gasteiger charge is -2.40. The third-order valence-electron chi connectivity index (χ3n) is 6.60. The van der Waals surface area contributed by atoms with Crippen molar-refractivity contribution in [2.45, 2.75) is 44.7 Å². The van der Waals surface area contributed by atoms with Gasteiger partial charge in [-0.25, -0.2) is 0 Å². The molecule has 5 nitrogen and oxygen atoms in total. The van der Waals surface area contributed by atoms with Crippen LogP contribution in [0.3, 0.4) is 0 Å². The van der Waals surface area contributed by atoms with Crippen LogP contribution in [0.1, 0.15) is 37.8 Å². The summed E-state index contributed by atoms with van der Waals surface area (Å²) < 4.78 is 44.5. The van der Waals surface area contributed by atoms with Crippen LogP contribution in [0.5, 0.6) is 5.75 Å². The molecule has 2 aromatic carbocycles. The van der Waals surface area contributed by atoms with Crippen LogP contribution in [0.25, 0.3) is 10.9 Å². The van der Waals surface area contributed by atoms with E-state index in [9.17, 15) is 18.0 Å². The summed E-state index contributed by atoms with van der Waals surface area (Å²) in [6.45, 7) is 4.04. The van der Waals surface area contributed by atoms with E-state index in [4.69, 9.17) is 4.74 Å². The van der Waals surface area contributed by atoms with E-state index < -0.39 is 12.7 Å². The highest BCUT2D eigenvalue weighted by molar-refractivity contribution is 6.01. The molecule has 1 saturated heterocycles. The molecule has 3 aromatic rings. The van der Waals surface area contributed by atoms with Crippen LogP contribution >= 0.6 is 0 Å². The minimum absolute atomic E-state index is 0.121. The van der Waals surface area contributed by atoms with Gasteiger partial charge in [0.05, 0.1) is 18.8 Å². The number of likely N-dealkylation sites (tertiary alicyclic amines) is 1. The van der Waals surface area contributed by atoms with Gasteiger partial charge in [-0.15, -0.1) is 0 Å². The monoisotopic (exact) mass is 473 g/mol. The van der Waals surface area contributed by atoms with E-state index in [2.05, 4.69) is 17.2 Å². The van der Waals surface area contributed by atoms with E-state index in [1.165, 1.54) is 11.8 Å². The number of ether oxygens (including phenoxy) is 1. The Labute approximate surface area is 197 Å². The van der Waals surface area contributed by atoms with Gasteiger partial charge in [0.25, 0.3) is 0 Å². The van der Waals surface area contributed by atoms with Gasteiger partial charge >= 0.3 is 6.18 Å². The minimum atomic E-state index is -4.17. The number of carbonyl (C=O) groups is 1. The maximum atomic E-state index is 12.8. The first-order chi connectivity index (χ1) is 16.1. The lowest BCUT2D eigenvalue weighted by Crippen LogP contribution is -2.44. The second-order valence-electron chi connectivity index (χ2n) is 9.31. The molecule has 1 aliphatic heterocycles. The van der Waals surface area contributed by atoms with Crippen molar-refractivity contribution in [3.63, 3.8) is 0 Å². The quantitative estimate of drug-likeness (QED) is 0.465. The Morgan fingerprint density at radius 1 is 1.18 bits per heavy atom. The van der Waals surface area contributed by atoms with Crippen molar-refractivity contribution in [3.05, 3.63) is 59.8 Å². The minimum Gasteiger partial charge on any atom is -0.493 e. The van der Waals surface area contributed by atoms with Crippen molar-refractivity contribution < 1.29 is 22.7 Å². The molecule has 8 heteroatoms. The summed E-state index contributed by atoms with van der Waals surface area (Å²) in [6, 6.07) is 13.9. The highest BCUT2D eigenvalue weighted by Gasteiger charge is 2.38. The van der Waals surface area contributed by atoms with Gasteiger partial charge in [0.1, 0.15) is 5.75 Å². The standard InChI is InChI=1S/C26H30F3N3O2/c1-18(33)31-23-16-30-22-8-7-19(15-20(22)23)9-14-34-24-6-4-3-5-21(24)25(2)10-12-32(13-11-25)17-26(27,28)29/h3-8,15-16,30H,9-14,17H2,1-2H3,(H,31,33). The molecular formula is C26H30F3N3O2. The largest absolute Gasteiger partial charge is 0.493 e. The number of nitrogens with zero attached hydrogens (tertiary/aromatic N) is 1. The zero-order valence-corrected chi connectivity index (χ0v) is 19.5. The highest BCUT2D eigenvalue weighted by atomic mass is 19.4. The van der Waals surface area contributed by atoms with Crippen molar-refractivity contribution >= 4 is 22.5 Å². The number of fused-ring (bicyclic) bond motifs is 1. The van der Waals surface area contributed by atoms with Crippen LogP contribution in [0, 0.1) is 0 Å². The summed E-state index contributed by atoms with van der Waals surface area (Å²) in [5.74, 6) is 0.667. The van der Waals surface area contributed by atoms with Crippen LogP contribution in [0.4, 0.5) is 18.9 Å². The average Bonchev–Trinajstić information content (AvgIpc) is 3.16. The Bertz CT molecular complexity index is 1150. The Hall–Kier alpha value is -3.00. The number of hydrogen-bond donors (Lipinski definition) is 2. The molecule has 182 valence electrons. The number of anilines is 1. The number of aromatic amines is 1. The molecule has 0 bridgehead atoms. The Kier molecular flexibility index (Phi) is 6.89. The van der Waals surface area contributed by atoms with Crippen LogP contribution in [-0.4, -0.2) is 48.2 Å². The molecule has 1 aliphatic rings. The average molecular weight is 474 g/mol. The van der Waals surface area contributed by atoms with Crippen molar-refractivity contribution in [1.29, 1.82) is 0 Å². The zero-order chi connectivity index (χ0) is 24.3. The number of carbonyl (C=O) groups excluding carboxylic acids is 1. The molecule has 0 aliphatic carbocycles. The fraction of sp³-hybridized carbons (Fsp3) is 0.423. The molecule has 0 atom stereocenters. The molecular weight excluding hydrogens is 443 g/mol. The Morgan fingerprint density at radius 2 is 1.91 bits per heavy atom. The number of halogens is 3. The lowest BCUT2D eigenvalue weighted by molar-refractivity contribution is -0.149. The molecule has 1 amide bonds. The lowest BCUT2D eigenvalue weighted by atomic mass is 9.74. The van der Waals surface area contributed by atoms with Gasteiger partial charge in [-0.2, -0.15) is 13.2 Å². The number of alkyl halides is 3. The van der Waals surface area contributed by atoms with Gasteiger partial charge in [-0.3, -0.25) is 9.69 Å². The molecule has 0 unspecified atom stereocenters. The van der Waals surface area contributed by atoms with E-state index in [0.29, 0.717) is 39.0 Å². The highest BCUT2D eigenvalue weighted by Crippen LogP contribution is 2.40. The Balaban J connectivity index is 1.41. The summed E-state index contributed by atoms with van der Waals surface area (Å²) >= 11 is 0. The number of H-pyrrole nitrogens is 1. The van der Waals surface area contributed by atoms with Gasteiger partial charge < -0.3 is 15.0 Å². The summed E-state index contributed by atoms with van der Waals surface area (Å²) in [6.07, 6.45) is -0.394. The number of nitrogens with one attached hydrogen (secondary N) is 2. The summed E-state index contributed by atoms with van der Waals surface area (Å²) in [5, 5.41) is 3.78. The van der Waals surface area contributed by atoms with E-state index in [-0.39, 0.29) is 11.3 Å². The van der Waals surface area contributed by atoms with E-state index >= 15 is 0 Å². The molecule has 1 aromatic heterocycles. The summed E-state index contributed by atoms with van der Waals surface area (Å²) in [7, 11) is 0. The van der Waals surface area contributed by atoms with Crippen LogP contribution in [0.15, 0.2) is 48.7 Å². The smallest absolute Gasteiger partial charge is 0.401 e. The molecule has 2 heterocycles. The summed E-state index contributed by atoms with van der Waals surface area (Å²) in [4.78, 5) is 16.1. The van der Waals surface area contributed by atoms with E-state index in [0.717, 1.165) is 33.5 Å². The molecule has 34 heavy (non-hydrogen) atoms. The van der Waals surface area contributed by atoms with Crippen LogP contribution < -0.4 is 10.1 Å². The first-order valence-electron chi connectivity index (χ1n) is 11.5.